The van der Waals surface area contributed by atoms with Crippen molar-refractivity contribution in [1.29, 1.82) is 0 Å². The number of ether oxygens (including phenoxy) is 2. The number of nitrogens with zero attached hydrogens (tertiary/aromatic N) is 3. The summed E-state index contributed by atoms with van der Waals surface area (Å²) in [7, 11) is 1.63. The fraction of sp³-hybridized carbons (Fsp3) is 0.261. The minimum Gasteiger partial charge on any atom is -0.496 e. The van der Waals surface area contributed by atoms with Crippen LogP contribution in [0.15, 0.2) is 60.9 Å². The van der Waals surface area contributed by atoms with E-state index in [1.54, 1.807) is 7.11 Å². The quantitative estimate of drug-likeness (QED) is 0.609. The van der Waals surface area contributed by atoms with E-state index < -0.39 is 6.09 Å². The van der Waals surface area contributed by atoms with Gasteiger partial charge < -0.3 is 24.8 Å². The molecule has 8 nitrogen and oxygen atoms in total. The third kappa shape index (κ3) is 5.03. The Morgan fingerprint density at radius 3 is 2.87 bits per heavy atom. The van der Waals surface area contributed by atoms with Gasteiger partial charge in [-0.25, -0.2) is 14.8 Å². The first-order chi connectivity index (χ1) is 15.1. The predicted molar refractivity (Wildman–Crippen MR) is 117 cm³/mol. The summed E-state index contributed by atoms with van der Waals surface area (Å²) < 4.78 is 11.5. The van der Waals surface area contributed by atoms with Gasteiger partial charge in [0.15, 0.2) is 0 Å². The zero-order valence-corrected chi connectivity index (χ0v) is 17.2. The average Bonchev–Trinajstić information content (AvgIpc) is 2.79. The number of aromatic nitrogens is 2. The molecular formula is C23H24N4O4. The maximum absolute atomic E-state index is 11.2. The topological polar surface area (TPSA) is 96.8 Å². The van der Waals surface area contributed by atoms with Crippen LogP contribution in [-0.2, 0) is 0 Å². The van der Waals surface area contributed by atoms with E-state index in [1.165, 1.54) is 11.2 Å². The molecule has 160 valence electrons. The summed E-state index contributed by atoms with van der Waals surface area (Å²) in [4.78, 5) is 21.3. The van der Waals surface area contributed by atoms with E-state index in [0.29, 0.717) is 24.7 Å². The van der Waals surface area contributed by atoms with Crippen molar-refractivity contribution >= 4 is 17.6 Å². The fourth-order valence-electron chi connectivity index (χ4n) is 3.62. The molecule has 1 amide bonds. The molecule has 0 radical (unpaired) electrons. The van der Waals surface area contributed by atoms with Crippen molar-refractivity contribution in [3.05, 3.63) is 60.9 Å². The molecule has 4 rings (SSSR count). The van der Waals surface area contributed by atoms with Gasteiger partial charge in [-0.2, -0.15) is 0 Å². The number of rotatable bonds is 6. The molecule has 2 heterocycles. The monoisotopic (exact) mass is 420 g/mol. The molecule has 3 aromatic rings. The van der Waals surface area contributed by atoms with Crippen LogP contribution in [0.3, 0.4) is 0 Å². The number of nitrogens with one attached hydrogen (secondary N) is 1. The summed E-state index contributed by atoms with van der Waals surface area (Å²) in [6.45, 7) is 0.931. The lowest BCUT2D eigenvalue weighted by molar-refractivity contribution is 0.0792. The van der Waals surface area contributed by atoms with Gasteiger partial charge in [-0.3, -0.25) is 0 Å². The number of hydrogen-bond donors (Lipinski definition) is 2. The van der Waals surface area contributed by atoms with E-state index in [0.717, 1.165) is 35.5 Å². The normalized spacial score (nSPS) is 15.9. The minimum absolute atomic E-state index is 0.156. The summed E-state index contributed by atoms with van der Waals surface area (Å²) >= 11 is 0. The Hall–Kier alpha value is -3.81. The van der Waals surface area contributed by atoms with Crippen molar-refractivity contribution in [2.45, 2.75) is 18.9 Å². The summed E-state index contributed by atoms with van der Waals surface area (Å²) in [5.41, 5.74) is 2.44. The van der Waals surface area contributed by atoms with E-state index in [1.807, 2.05) is 54.6 Å². The van der Waals surface area contributed by atoms with Crippen LogP contribution in [0.25, 0.3) is 11.3 Å². The third-order valence-corrected chi connectivity index (χ3v) is 5.11. The Balaban J connectivity index is 1.47. The second-order valence-corrected chi connectivity index (χ2v) is 7.25. The molecule has 1 saturated heterocycles. The highest BCUT2D eigenvalue weighted by atomic mass is 16.5. The van der Waals surface area contributed by atoms with Gasteiger partial charge >= 0.3 is 6.09 Å². The molecule has 0 saturated carbocycles. The van der Waals surface area contributed by atoms with Gasteiger partial charge in [0.2, 0.25) is 0 Å². The molecule has 1 aromatic heterocycles. The Labute approximate surface area is 180 Å². The Morgan fingerprint density at radius 2 is 2.03 bits per heavy atom. The standard InChI is InChI=1S/C23H24N4O4/c1-30-21-10-3-2-9-19(21)20-13-22(25-15-24-20)26-16-6-4-7-17(12-16)31-18-8-5-11-27(14-18)23(28)29/h2-4,6-7,9-10,12-13,15,18H,5,8,11,14H2,1H3,(H,28,29)(H,24,25,26). The molecule has 0 aliphatic carbocycles. The van der Waals surface area contributed by atoms with Crippen LogP contribution < -0.4 is 14.8 Å². The Morgan fingerprint density at radius 1 is 1.16 bits per heavy atom. The highest BCUT2D eigenvalue weighted by molar-refractivity contribution is 5.70. The maximum Gasteiger partial charge on any atom is 0.407 e. The molecule has 1 aliphatic rings. The van der Waals surface area contributed by atoms with Gasteiger partial charge in [0.1, 0.15) is 29.7 Å². The number of anilines is 2. The lowest BCUT2D eigenvalue weighted by Gasteiger charge is -2.31. The molecule has 2 N–H and O–H groups in total. The van der Waals surface area contributed by atoms with Crippen LogP contribution in [0.2, 0.25) is 0 Å². The van der Waals surface area contributed by atoms with Crippen molar-refractivity contribution in [2.75, 3.05) is 25.5 Å². The number of hydrogen-bond acceptors (Lipinski definition) is 6. The van der Waals surface area contributed by atoms with E-state index in [9.17, 15) is 9.90 Å². The lowest BCUT2D eigenvalue weighted by atomic mass is 10.1. The van der Waals surface area contributed by atoms with Crippen LogP contribution in [0, 0.1) is 0 Å². The van der Waals surface area contributed by atoms with E-state index in [-0.39, 0.29) is 6.10 Å². The van der Waals surface area contributed by atoms with Crippen LogP contribution in [0.4, 0.5) is 16.3 Å². The molecule has 1 aliphatic heterocycles. The molecule has 0 spiro atoms. The first kappa shape index (κ1) is 20.5. The van der Waals surface area contributed by atoms with Crippen LogP contribution in [-0.4, -0.2) is 52.4 Å². The Bertz CT molecular complexity index is 1060. The van der Waals surface area contributed by atoms with Crippen LogP contribution in [0.1, 0.15) is 12.8 Å². The lowest BCUT2D eigenvalue weighted by Crippen LogP contribution is -2.43. The van der Waals surface area contributed by atoms with Crippen LogP contribution in [0.5, 0.6) is 11.5 Å². The van der Waals surface area contributed by atoms with Gasteiger partial charge in [-0.1, -0.05) is 18.2 Å². The summed E-state index contributed by atoms with van der Waals surface area (Å²) in [5.74, 6) is 2.06. The zero-order valence-electron chi connectivity index (χ0n) is 17.2. The van der Waals surface area contributed by atoms with Gasteiger partial charge in [-0.05, 0) is 37.1 Å². The first-order valence-electron chi connectivity index (χ1n) is 10.1. The van der Waals surface area contributed by atoms with Crippen molar-refractivity contribution in [3.8, 4) is 22.8 Å². The molecular weight excluding hydrogens is 396 g/mol. The first-order valence-corrected chi connectivity index (χ1v) is 10.1. The highest BCUT2D eigenvalue weighted by Gasteiger charge is 2.24. The van der Waals surface area contributed by atoms with Crippen molar-refractivity contribution in [2.24, 2.45) is 0 Å². The van der Waals surface area contributed by atoms with Gasteiger partial charge in [-0.15, -0.1) is 0 Å². The molecule has 1 fully saturated rings. The number of carboxylic acid groups (broad SMARTS) is 1. The number of carbonyl (C=O) groups is 1. The molecule has 0 bridgehead atoms. The fourth-order valence-corrected chi connectivity index (χ4v) is 3.62. The van der Waals surface area contributed by atoms with Gasteiger partial charge in [0, 0.05) is 29.9 Å². The molecule has 1 unspecified atom stereocenters. The third-order valence-electron chi connectivity index (χ3n) is 5.11. The highest BCUT2D eigenvalue weighted by Crippen LogP contribution is 2.30. The zero-order chi connectivity index (χ0) is 21.6. The summed E-state index contributed by atoms with van der Waals surface area (Å²) in [6, 6.07) is 17.1. The number of piperidine rings is 1. The molecule has 2 aromatic carbocycles. The Kier molecular flexibility index (Phi) is 6.16. The second-order valence-electron chi connectivity index (χ2n) is 7.25. The second kappa shape index (κ2) is 9.34. The van der Waals surface area contributed by atoms with E-state index >= 15 is 0 Å². The van der Waals surface area contributed by atoms with Crippen molar-refractivity contribution < 1.29 is 19.4 Å². The predicted octanol–water partition coefficient (Wildman–Crippen LogP) is 4.42. The van der Waals surface area contributed by atoms with E-state index in [4.69, 9.17) is 9.47 Å². The van der Waals surface area contributed by atoms with Crippen LogP contribution >= 0.6 is 0 Å². The maximum atomic E-state index is 11.2. The summed E-state index contributed by atoms with van der Waals surface area (Å²) in [6.07, 6.45) is 2.07. The summed E-state index contributed by atoms with van der Waals surface area (Å²) in [5, 5.41) is 12.5. The molecule has 31 heavy (non-hydrogen) atoms. The van der Waals surface area contributed by atoms with Crippen molar-refractivity contribution in [3.63, 3.8) is 0 Å². The number of para-hydroxylation sites is 1. The largest absolute Gasteiger partial charge is 0.496 e. The average molecular weight is 420 g/mol. The minimum atomic E-state index is -0.904. The van der Waals surface area contributed by atoms with E-state index in [2.05, 4.69) is 15.3 Å². The number of amides is 1. The van der Waals surface area contributed by atoms with Crippen molar-refractivity contribution in [1.82, 2.24) is 14.9 Å². The van der Waals surface area contributed by atoms with Gasteiger partial charge in [0.05, 0.1) is 19.3 Å². The number of methoxy groups -OCH3 is 1. The number of likely N-dealkylation sites (tertiary alicyclic amines) is 1. The number of benzene rings is 2. The SMILES string of the molecule is COc1ccccc1-c1cc(Nc2cccc(OC3CCCN(C(=O)O)C3)c2)ncn1. The smallest absolute Gasteiger partial charge is 0.407 e. The molecule has 1 atom stereocenters. The molecule has 8 heteroatoms. The van der Waals surface area contributed by atoms with Gasteiger partial charge in [0.25, 0.3) is 0 Å².